The molecular formula is C16H21N3O2S. The molecule has 0 N–H and O–H groups in total. The summed E-state index contributed by atoms with van der Waals surface area (Å²) in [6.45, 7) is 4.24. The molecule has 0 aliphatic carbocycles. The zero-order valence-electron chi connectivity index (χ0n) is 13.2. The van der Waals surface area contributed by atoms with E-state index in [0.29, 0.717) is 6.61 Å². The van der Waals surface area contributed by atoms with E-state index in [1.165, 1.54) is 0 Å². The molecular weight excluding hydrogens is 298 g/mol. The van der Waals surface area contributed by atoms with Crippen LogP contribution in [0, 0.1) is 5.92 Å². The van der Waals surface area contributed by atoms with Gasteiger partial charge in [0.1, 0.15) is 11.3 Å². The number of ether oxygens (including phenoxy) is 1. The SMILES string of the molecule is CCOc1cccc2sc(N3CCC(C(=O)N(C)C)C3)nc12. The number of fused-ring (bicyclic) bond motifs is 1. The summed E-state index contributed by atoms with van der Waals surface area (Å²) in [5.74, 6) is 1.12. The second-order valence-corrected chi connectivity index (χ2v) is 6.71. The molecule has 3 rings (SSSR count). The zero-order valence-corrected chi connectivity index (χ0v) is 14.0. The Labute approximate surface area is 134 Å². The van der Waals surface area contributed by atoms with Crippen molar-refractivity contribution in [2.75, 3.05) is 38.7 Å². The van der Waals surface area contributed by atoms with E-state index in [4.69, 9.17) is 9.72 Å². The van der Waals surface area contributed by atoms with E-state index in [1.54, 1.807) is 16.2 Å². The first-order valence-corrected chi connectivity index (χ1v) is 8.40. The van der Waals surface area contributed by atoms with E-state index in [-0.39, 0.29) is 11.8 Å². The number of rotatable bonds is 4. The standard InChI is InChI=1S/C16H21N3O2S/c1-4-21-12-6-5-7-13-14(12)17-16(22-13)19-9-8-11(10-19)15(20)18(2)3/h5-7,11H,4,8-10H2,1-3H3. The van der Waals surface area contributed by atoms with Crippen molar-refractivity contribution in [3.8, 4) is 5.75 Å². The van der Waals surface area contributed by atoms with Crippen molar-refractivity contribution in [3.05, 3.63) is 18.2 Å². The zero-order chi connectivity index (χ0) is 15.7. The molecule has 1 aliphatic heterocycles. The maximum absolute atomic E-state index is 12.1. The Balaban J connectivity index is 1.83. The third-order valence-electron chi connectivity index (χ3n) is 3.92. The summed E-state index contributed by atoms with van der Waals surface area (Å²) in [6.07, 6.45) is 0.894. The Bertz CT molecular complexity index is 683. The Hall–Kier alpha value is -1.82. The summed E-state index contributed by atoms with van der Waals surface area (Å²) in [5.41, 5.74) is 0.923. The van der Waals surface area contributed by atoms with Crippen LogP contribution in [-0.4, -0.2) is 49.6 Å². The van der Waals surface area contributed by atoms with Gasteiger partial charge in [0.05, 0.1) is 17.2 Å². The normalized spacial score (nSPS) is 18.0. The molecule has 0 radical (unpaired) electrons. The highest BCUT2D eigenvalue weighted by Gasteiger charge is 2.31. The third kappa shape index (κ3) is 2.75. The van der Waals surface area contributed by atoms with Crippen molar-refractivity contribution in [1.82, 2.24) is 9.88 Å². The van der Waals surface area contributed by atoms with Gasteiger partial charge in [0.2, 0.25) is 5.91 Å². The van der Waals surface area contributed by atoms with E-state index in [2.05, 4.69) is 11.0 Å². The summed E-state index contributed by atoms with van der Waals surface area (Å²) < 4.78 is 6.78. The van der Waals surface area contributed by atoms with Crippen molar-refractivity contribution in [3.63, 3.8) is 0 Å². The highest BCUT2D eigenvalue weighted by Crippen LogP contribution is 2.36. The van der Waals surface area contributed by atoms with Crippen molar-refractivity contribution < 1.29 is 9.53 Å². The van der Waals surface area contributed by atoms with Gasteiger partial charge in [-0.15, -0.1) is 0 Å². The van der Waals surface area contributed by atoms with Gasteiger partial charge in [-0.1, -0.05) is 17.4 Å². The highest BCUT2D eigenvalue weighted by atomic mass is 32.1. The molecule has 22 heavy (non-hydrogen) atoms. The van der Waals surface area contributed by atoms with Crippen LogP contribution in [0.1, 0.15) is 13.3 Å². The van der Waals surface area contributed by atoms with Crippen LogP contribution in [0.25, 0.3) is 10.2 Å². The van der Waals surface area contributed by atoms with Crippen molar-refractivity contribution in [1.29, 1.82) is 0 Å². The van der Waals surface area contributed by atoms with Gasteiger partial charge in [-0.2, -0.15) is 0 Å². The molecule has 1 unspecified atom stereocenters. The number of aromatic nitrogens is 1. The average molecular weight is 319 g/mol. The summed E-state index contributed by atoms with van der Waals surface area (Å²) in [4.78, 5) is 20.7. The van der Waals surface area contributed by atoms with Gasteiger partial charge in [-0.05, 0) is 25.5 Å². The van der Waals surface area contributed by atoms with Gasteiger partial charge in [0.25, 0.3) is 0 Å². The Morgan fingerprint density at radius 3 is 3.05 bits per heavy atom. The first-order chi connectivity index (χ1) is 10.6. The number of benzene rings is 1. The minimum Gasteiger partial charge on any atom is -0.492 e. The number of para-hydroxylation sites is 1. The summed E-state index contributed by atoms with van der Waals surface area (Å²) in [5, 5.41) is 0.983. The van der Waals surface area contributed by atoms with E-state index in [0.717, 1.165) is 40.6 Å². The lowest BCUT2D eigenvalue weighted by Crippen LogP contribution is -2.31. The van der Waals surface area contributed by atoms with E-state index < -0.39 is 0 Å². The van der Waals surface area contributed by atoms with Gasteiger partial charge in [-0.25, -0.2) is 4.98 Å². The predicted molar refractivity (Wildman–Crippen MR) is 89.8 cm³/mol. The number of anilines is 1. The fourth-order valence-corrected chi connectivity index (χ4v) is 3.84. The van der Waals surface area contributed by atoms with Gasteiger partial charge >= 0.3 is 0 Å². The molecule has 2 heterocycles. The van der Waals surface area contributed by atoms with Crippen LogP contribution in [0.3, 0.4) is 0 Å². The molecule has 0 saturated carbocycles. The van der Waals surface area contributed by atoms with Crippen LogP contribution in [-0.2, 0) is 4.79 Å². The number of hydrogen-bond donors (Lipinski definition) is 0. The average Bonchev–Trinajstić information content (AvgIpc) is 3.13. The Morgan fingerprint density at radius 2 is 2.32 bits per heavy atom. The van der Waals surface area contributed by atoms with Crippen molar-refractivity contribution in [2.24, 2.45) is 5.92 Å². The predicted octanol–water partition coefficient (Wildman–Crippen LogP) is 2.61. The van der Waals surface area contributed by atoms with Gasteiger partial charge < -0.3 is 14.5 Å². The lowest BCUT2D eigenvalue weighted by molar-refractivity contribution is -0.132. The molecule has 1 saturated heterocycles. The number of carbonyl (C=O) groups is 1. The smallest absolute Gasteiger partial charge is 0.227 e. The second kappa shape index (κ2) is 6.12. The third-order valence-corrected chi connectivity index (χ3v) is 5.00. The van der Waals surface area contributed by atoms with Crippen LogP contribution in [0.15, 0.2) is 18.2 Å². The summed E-state index contributed by atoms with van der Waals surface area (Å²) >= 11 is 1.67. The maximum atomic E-state index is 12.1. The molecule has 118 valence electrons. The number of carbonyl (C=O) groups excluding carboxylic acids is 1. The summed E-state index contributed by atoms with van der Waals surface area (Å²) in [7, 11) is 3.63. The van der Waals surface area contributed by atoms with E-state index >= 15 is 0 Å². The molecule has 1 aromatic heterocycles. The monoisotopic (exact) mass is 319 g/mol. The fourth-order valence-electron chi connectivity index (χ4n) is 2.82. The van der Waals surface area contributed by atoms with E-state index in [1.807, 2.05) is 33.2 Å². The quantitative estimate of drug-likeness (QED) is 0.869. The minimum atomic E-state index is 0.0772. The topological polar surface area (TPSA) is 45.7 Å². The molecule has 2 aromatic rings. The van der Waals surface area contributed by atoms with Crippen LogP contribution in [0.2, 0.25) is 0 Å². The van der Waals surface area contributed by atoms with E-state index in [9.17, 15) is 4.79 Å². The highest BCUT2D eigenvalue weighted by molar-refractivity contribution is 7.22. The van der Waals surface area contributed by atoms with Gasteiger partial charge in [0.15, 0.2) is 5.13 Å². The van der Waals surface area contributed by atoms with Crippen LogP contribution in [0.5, 0.6) is 5.75 Å². The lowest BCUT2D eigenvalue weighted by Gasteiger charge is -2.17. The number of amides is 1. The lowest BCUT2D eigenvalue weighted by atomic mass is 10.1. The number of nitrogens with zero attached hydrogens (tertiary/aromatic N) is 3. The molecule has 1 fully saturated rings. The second-order valence-electron chi connectivity index (χ2n) is 5.70. The number of thiazole rings is 1. The van der Waals surface area contributed by atoms with Crippen LogP contribution >= 0.6 is 11.3 Å². The molecule has 1 amide bonds. The van der Waals surface area contributed by atoms with Gasteiger partial charge in [-0.3, -0.25) is 4.79 Å². The molecule has 1 atom stereocenters. The molecule has 6 heteroatoms. The molecule has 0 spiro atoms. The Kier molecular flexibility index (Phi) is 4.20. The molecule has 1 aromatic carbocycles. The first kappa shape index (κ1) is 15.1. The first-order valence-electron chi connectivity index (χ1n) is 7.58. The Morgan fingerprint density at radius 1 is 1.50 bits per heavy atom. The van der Waals surface area contributed by atoms with Gasteiger partial charge in [0, 0.05) is 27.2 Å². The van der Waals surface area contributed by atoms with Crippen molar-refractivity contribution in [2.45, 2.75) is 13.3 Å². The number of hydrogen-bond acceptors (Lipinski definition) is 5. The van der Waals surface area contributed by atoms with Crippen LogP contribution in [0.4, 0.5) is 5.13 Å². The van der Waals surface area contributed by atoms with Crippen LogP contribution < -0.4 is 9.64 Å². The molecule has 5 nitrogen and oxygen atoms in total. The fraction of sp³-hybridized carbons (Fsp3) is 0.500. The largest absolute Gasteiger partial charge is 0.492 e. The molecule has 0 bridgehead atoms. The molecule has 1 aliphatic rings. The van der Waals surface area contributed by atoms with Crippen molar-refractivity contribution >= 4 is 32.6 Å². The minimum absolute atomic E-state index is 0.0772. The summed E-state index contributed by atoms with van der Waals surface area (Å²) in [6, 6.07) is 6.02. The maximum Gasteiger partial charge on any atom is 0.227 e.